The summed E-state index contributed by atoms with van der Waals surface area (Å²) >= 11 is 0. The second kappa shape index (κ2) is 5.50. The van der Waals surface area contributed by atoms with Crippen LogP contribution in [0.2, 0.25) is 0 Å². The molecule has 0 saturated carbocycles. The molecule has 2 N–H and O–H groups in total. The molecule has 17 heavy (non-hydrogen) atoms. The normalized spacial score (nSPS) is 14.5. The quantitative estimate of drug-likeness (QED) is 0.867. The predicted molar refractivity (Wildman–Crippen MR) is 72.3 cm³/mol. The maximum Gasteiger partial charge on any atom is 0.133 e. The molecule has 0 atom stereocenters. The number of aryl methyl sites for hydroxylation is 2. The zero-order chi connectivity index (χ0) is 12.3. The Morgan fingerprint density at radius 2 is 2.12 bits per heavy atom. The third-order valence-corrected chi connectivity index (χ3v) is 3.50. The SMILES string of the molecule is CCCN(C)c1nc2c(cc1CN)CCCC2. The summed E-state index contributed by atoms with van der Waals surface area (Å²) in [6, 6.07) is 2.28. The van der Waals surface area contributed by atoms with Crippen molar-refractivity contribution >= 4 is 5.82 Å². The van der Waals surface area contributed by atoms with Crippen molar-refractivity contribution in [2.75, 3.05) is 18.5 Å². The van der Waals surface area contributed by atoms with E-state index in [0.717, 1.165) is 25.2 Å². The van der Waals surface area contributed by atoms with Gasteiger partial charge < -0.3 is 10.6 Å². The molecule has 3 heteroatoms. The number of pyridine rings is 1. The van der Waals surface area contributed by atoms with Gasteiger partial charge in [0.2, 0.25) is 0 Å². The highest BCUT2D eigenvalue weighted by molar-refractivity contribution is 5.50. The van der Waals surface area contributed by atoms with Gasteiger partial charge in [0.15, 0.2) is 0 Å². The molecule has 0 spiro atoms. The van der Waals surface area contributed by atoms with Crippen LogP contribution in [0.15, 0.2) is 6.07 Å². The number of hydrogen-bond donors (Lipinski definition) is 1. The van der Waals surface area contributed by atoms with Gasteiger partial charge in [-0.25, -0.2) is 4.98 Å². The summed E-state index contributed by atoms with van der Waals surface area (Å²) in [5.74, 6) is 1.09. The third-order valence-electron chi connectivity index (χ3n) is 3.50. The van der Waals surface area contributed by atoms with Crippen LogP contribution in [-0.4, -0.2) is 18.6 Å². The number of anilines is 1. The number of hydrogen-bond acceptors (Lipinski definition) is 3. The van der Waals surface area contributed by atoms with Gasteiger partial charge in [0.25, 0.3) is 0 Å². The maximum atomic E-state index is 5.85. The van der Waals surface area contributed by atoms with Gasteiger partial charge in [0.05, 0.1) is 0 Å². The molecule has 0 saturated heterocycles. The fourth-order valence-corrected chi connectivity index (χ4v) is 2.59. The molecular formula is C14H23N3. The van der Waals surface area contributed by atoms with Gasteiger partial charge in [-0.15, -0.1) is 0 Å². The Kier molecular flexibility index (Phi) is 4.00. The highest BCUT2D eigenvalue weighted by Gasteiger charge is 2.16. The molecular weight excluding hydrogens is 210 g/mol. The van der Waals surface area contributed by atoms with Crippen LogP contribution in [0.5, 0.6) is 0 Å². The Bertz CT molecular complexity index is 387. The van der Waals surface area contributed by atoms with Crippen molar-refractivity contribution in [1.82, 2.24) is 4.98 Å². The molecule has 0 aliphatic heterocycles. The van der Waals surface area contributed by atoms with Crippen molar-refractivity contribution < 1.29 is 0 Å². The molecule has 2 rings (SSSR count). The first-order valence-corrected chi connectivity index (χ1v) is 6.69. The molecule has 3 nitrogen and oxygen atoms in total. The number of rotatable bonds is 4. The van der Waals surface area contributed by atoms with E-state index in [1.54, 1.807) is 0 Å². The number of aromatic nitrogens is 1. The number of nitrogens with zero attached hydrogens (tertiary/aromatic N) is 2. The van der Waals surface area contributed by atoms with Crippen molar-refractivity contribution in [2.45, 2.75) is 45.6 Å². The number of fused-ring (bicyclic) bond motifs is 1. The van der Waals surface area contributed by atoms with E-state index in [2.05, 4.69) is 24.9 Å². The molecule has 0 unspecified atom stereocenters. The third kappa shape index (κ3) is 2.60. The minimum Gasteiger partial charge on any atom is -0.359 e. The minimum absolute atomic E-state index is 0.587. The summed E-state index contributed by atoms with van der Waals surface area (Å²) in [5.41, 5.74) is 9.77. The fourth-order valence-electron chi connectivity index (χ4n) is 2.59. The van der Waals surface area contributed by atoms with Crippen molar-refractivity contribution in [2.24, 2.45) is 5.73 Å². The summed E-state index contributed by atoms with van der Waals surface area (Å²) < 4.78 is 0. The molecule has 1 aliphatic carbocycles. The van der Waals surface area contributed by atoms with E-state index in [9.17, 15) is 0 Å². The summed E-state index contributed by atoms with van der Waals surface area (Å²) in [6.45, 7) is 3.82. The lowest BCUT2D eigenvalue weighted by Gasteiger charge is -2.24. The molecule has 0 bridgehead atoms. The van der Waals surface area contributed by atoms with E-state index in [1.165, 1.54) is 36.1 Å². The van der Waals surface area contributed by atoms with Gasteiger partial charge in [0, 0.05) is 31.4 Å². The maximum absolute atomic E-state index is 5.85. The van der Waals surface area contributed by atoms with Crippen molar-refractivity contribution in [3.63, 3.8) is 0 Å². The van der Waals surface area contributed by atoms with Gasteiger partial charge >= 0.3 is 0 Å². The summed E-state index contributed by atoms with van der Waals surface area (Å²) in [4.78, 5) is 7.08. The first-order valence-electron chi connectivity index (χ1n) is 6.69. The molecule has 1 aliphatic rings. The minimum atomic E-state index is 0.587. The Hall–Kier alpha value is -1.09. The van der Waals surface area contributed by atoms with E-state index in [1.807, 2.05) is 0 Å². The Morgan fingerprint density at radius 1 is 1.35 bits per heavy atom. The standard InChI is InChI=1S/C14H23N3/c1-3-8-17(2)14-12(10-15)9-11-6-4-5-7-13(11)16-14/h9H,3-8,10,15H2,1-2H3. The average Bonchev–Trinajstić information content (AvgIpc) is 2.37. The van der Waals surface area contributed by atoms with Gasteiger partial charge in [-0.05, 0) is 43.7 Å². The van der Waals surface area contributed by atoms with E-state index in [4.69, 9.17) is 10.7 Å². The van der Waals surface area contributed by atoms with Gasteiger partial charge in [0.1, 0.15) is 5.82 Å². The molecule has 0 fully saturated rings. The first kappa shape index (κ1) is 12.4. The molecule has 1 aromatic rings. The van der Waals surface area contributed by atoms with Crippen molar-refractivity contribution in [3.8, 4) is 0 Å². The molecule has 0 radical (unpaired) electrons. The van der Waals surface area contributed by atoms with Gasteiger partial charge in [-0.1, -0.05) is 6.92 Å². The topological polar surface area (TPSA) is 42.2 Å². The second-order valence-electron chi connectivity index (χ2n) is 4.91. The first-order chi connectivity index (χ1) is 8.26. The lowest BCUT2D eigenvalue weighted by Crippen LogP contribution is -2.23. The van der Waals surface area contributed by atoms with Gasteiger partial charge in [-0.2, -0.15) is 0 Å². The summed E-state index contributed by atoms with van der Waals surface area (Å²) in [5, 5.41) is 0. The van der Waals surface area contributed by atoms with E-state index < -0.39 is 0 Å². The van der Waals surface area contributed by atoms with E-state index >= 15 is 0 Å². The smallest absolute Gasteiger partial charge is 0.133 e. The summed E-state index contributed by atoms with van der Waals surface area (Å²) in [6.07, 6.45) is 6.02. The highest BCUT2D eigenvalue weighted by Crippen LogP contribution is 2.26. The van der Waals surface area contributed by atoms with Crippen LogP contribution >= 0.6 is 0 Å². The zero-order valence-electron chi connectivity index (χ0n) is 11.0. The molecule has 0 amide bonds. The monoisotopic (exact) mass is 233 g/mol. The number of nitrogens with two attached hydrogens (primary N) is 1. The highest BCUT2D eigenvalue weighted by atomic mass is 15.2. The Labute approximate surface area is 104 Å². The molecule has 94 valence electrons. The fraction of sp³-hybridized carbons (Fsp3) is 0.643. The summed E-state index contributed by atoms with van der Waals surface area (Å²) in [7, 11) is 2.11. The molecule has 1 heterocycles. The van der Waals surface area contributed by atoms with Gasteiger partial charge in [-0.3, -0.25) is 0 Å². The molecule has 0 aromatic carbocycles. The Morgan fingerprint density at radius 3 is 2.82 bits per heavy atom. The van der Waals surface area contributed by atoms with Crippen molar-refractivity contribution in [1.29, 1.82) is 0 Å². The van der Waals surface area contributed by atoms with Crippen molar-refractivity contribution in [3.05, 3.63) is 22.9 Å². The molecule has 1 aromatic heterocycles. The average molecular weight is 233 g/mol. The van der Waals surface area contributed by atoms with Crippen LogP contribution < -0.4 is 10.6 Å². The lowest BCUT2D eigenvalue weighted by molar-refractivity contribution is 0.663. The van der Waals surface area contributed by atoms with Crippen LogP contribution in [0.4, 0.5) is 5.82 Å². The van der Waals surface area contributed by atoms with Crippen LogP contribution in [0, 0.1) is 0 Å². The van der Waals surface area contributed by atoms with Crippen LogP contribution in [-0.2, 0) is 19.4 Å². The van der Waals surface area contributed by atoms with Crippen LogP contribution in [0.1, 0.15) is 43.0 Å². The Balaban J connectivity index is 2.36. The van der Waals surface area contributed by atoms with Crippen LogP contribution in [0.3, 0.4) is 0 Å². The van der Waals surface area contributed by atoms with E-state index in [-0.39, 0.29) is 0 Å². The largest absolute Gasteiger partial charge is 0.359 e. The second-order valence-corrected chi connectivity index (χ2v) is 4.91. The predicted octanol–water partition coefficient (Wildman–Crippen LogP) is 2.27. The van der Waals surface area contributed by atoms with E-state index in [0.29, 0.717) is 6.54 Å². The lowest BCUT2D eigenvalue weighted by atomic mass is 9.94. The van der Waals surface area contributed by atoms with Crippen LogP contribution in [0.25, 0.3) is 0 Å². The zero-order valence-corrected chi connectivity index (χ0v) is 11.0.